The number of esters is 1. The maximum atomic E-state index is 12.7. The van der Waals surface area contributed by atoms with E-state index in [0.717, 1.165) is 0 Å². The largest absolute Gasteiger partial charge is 0.519 e. The predicted octanol–water partition coefficient (Wildman–Crippen LogP) is 2.61. The van der Waals surface area contributed by atoms with Crippen LogP contribution in [-0.4, -0.2) is 124 Å². The van der Waals surface area contributed by atoms with Gasteiger partial charge in [-0.3, -0.25) is 13.9 Å². The van der Waals surface area contributed by atoms with Crippen LogP contribution in [0.2, 0.25) is 0 Å². The number of amides is 1. The molecule has 33 nitrogen and oxygen atoms in total. The lowest BCUT2D eigenvalue weighted by atomic mass is 9.98. The van der Waals surface area contributed by atoms with Crippen molar-refractivity contribution in [1.29, 1.82) is 0 Å². The molecule has 2 aliphatic heterocycles. The molecule has 82 heavy (non-hydrogen) atoms. The molecule has 9 heterocycles. The Bertz CT molecular complexity index is 3790. The highest BCUT2D eigenvalue weighted by Crippen LogP contribution is 2.41. The number of imidazole rings is 2. The number of anilines is 2. The molecule has 434 valence electrons. The lowest BCUT2D eigenvalue weighted by molar-refractivity contribution is -0.156. The second-order valence-corrected chi connectivity index (χ2v) is 18.2. The SMILES string of the molecule is C#C[C@]1(COC(=O)CCCN(C)C(=O)OCc2oc(=O)oc2C)O[C@@H](n2cnc3c(N)nc(C)nc32)C[C@@H]1O.C#C[C@]1(COC(=O)OCc2oc(=O)oc2C)O[C@@H](n2cnc3c(N)nc(C)nc32)C[C@@H]1OC(=O)OCc1oc(=O)oc1C. The van der Waals surface area contributed by atoms with Gasteiger partial charge in [0.2, 0.25) is 5.60 Å². The van der Waals surface area contributed by atoms with Gasteiger partial charge in [0.25, 0.3) is 0 Å². The lowest BCUT2D eigenvalue weighted by Gasteiger charge is -2.27. The molecule has 0 saturated carbocycles. The van der Waals surface area contributed by atoms with Crippen molar-refractivity contribution in [3.8, 4) is 24.7 Å². The normalized spacial score (nSPS) is 20.1. The van der Waals surface area contributed by atoms with Crippen LogP contribution in [0.5, 0.6) is 0 Å². The highest BCUT2D eigenvalue weighted by molar-refractivity contribution is 5.82. The molecule has 1 amide bonds. The van der Waals surface area contributed by atoms with Crippen LogP contribution >= 0.6 is 0 Å². The first-order valence-corrected chi connectivity index (χ1v) is 24.4. The van der Waals surface area contributed by atoms with Crippen LogP contribution in [0.25, 0.3) is 22.3 Å². The van der Waals surface area contributed by atoms with Crippen LogP contribution in [0.3, 0.4) is 0 Å². The van der Waals surface area contributed by atoms with E-state index in [2.05, 4.69) is 41.7 Å². The molecule has 0 radical (unpaired) electrons. The first kappa shape index (κ1) is 58.2. The Morgan fingerprint density at radius 1 is 0.671 bits per heavy atom. The van der Waals surface area contributed by atoms with E-state index in [1.54, 1.807) is 18.4 Å². The quantitative estimate of drug-likeness (QED) is 0.0670. The molecular weight excluding hydrogens is 1090 g/mol. The number of aliphatic hydroxyl groups is 1. The summed E-state index contributed by atoms with van der Waals surface area (Å²) >= 11 is 0. The number of fused-ring (bicyclic) bond motifs is 2. The van der Waals surface area contributed by atoms with Gasteiger partial charge >= 0.3 is 41.8 Å². The third-order valence-corrected chi connectivity index (χ3v) is 12.6. The molecule has 9 rings (SSSR count). The third-order valence-electron chi connectivity index (χ3n) is 12.6. The lowest BCUT2D eigenvalue weighted by Crippen LogP contribution is -2.45. The summed E-state index contributed by atoms with van der Waals surface area (Å²) < 4.78 is 74.8. The van der Waals surface area contributed by atoms with E-state index in [4.69, 9.17) is 88.7 Å². The summed E-state index contributed by atoms with van der Waals surface area (Å²) in [5.74, 6) is 3.07. The molecular formula is C49H51N11O22. The molecule has 2 fully saturated rings. The van der Waals surface area contributed by atoms with Gasteiger partial charge in [-0.1, -0.05) is 11.8 Å². The van der Waals surface area contributed by atoms with Gasteiger partial charge in [-0.2, -0.15) is 0 Å². The molecule has 0 aromatic carbocycles. The number of terminal acetylenes is 2. The van der Waals surface area contributed by atoms with Crippen molar-refractivity contribution in [2.24, 2.45) is 0 Å². The molecule has 0 unspecified atom stereocenters. The molecule has 6 atom stereocenters. The summed E-state index contributed by atoms with van der Waals surface area (Å²) in [6, 6.07) is 0. The monoisotopic (exact) mass is 1150 g/mol. The Hall–Kier alpha value is -9.99. The fourth-order valence-electron chi connectivity index (χ4n) is 8.27. The van der Waals surface area contributed by atoms with Gasteiger partial charge in [0.1, 0.15) is 54.5 Å². The molecule has 0 bridgehead atoms. The average molecular weight is 1150 g/mol. The summed E-state index contributed by atoms with van der Waals surface area (Å²) in [6.07, 6.45) is 7.49. The van der Waals surface area contributed by atoms with Crippen LogP contribution in [-0.2, 0) is 62.5 Å². The fraction of sp³-hybridized carbons (Fsp3) is 0.449. The molecule has 7 aromatic heterocycles. The number of rotatable bonds is 17. The van der Waals surface area contributed by atoms with E-state index in [1.165, 1.54) is 49.9 Å². The Morgan fingerprint density at radius 3 is 1.62 bits per heavy atom. The highest BCUT2D eigenvalue weighted by atomic mass is 16.8. The van der Waals surface area contributed by atoms with Crippen molar-refractivity contribution in [3.05, 3.63) is 90.7 Å². The summed E-state index contributed by atoms with van der Waals surface area (Å²) in [7, 11) is 1.49. The van der Waals surface area contributed by atoms with E-state index in [9.17, 15) is 38.7 Å². The van der Waals surface area contributed by atoms with Crippen molar-refractivity contribution in [1.82, 2.24) is 43.9 Å². The zero-order chi connectivity index (χ0) is 59.2. The second kappa shape index (κ2) is 24.2. The minimum absolute atomic E-state index is 0.0259. The summed E-state index contributed by atoms with van der Waals surface area (Å²) in [6.45, 7) is 5.65. The average Bonchev–Trinajstić information content (AvgIpc) is 4.49. The first-order valence-electron chi connectivity index (χ1n) is 24.4. The summed E-state index contributed by atoms with van der Waals surface area (Å²) in [4.78, 5) is 110. The Balaban J connectivity index is 0.000000216. The number of hydrogen-bond donors (Lipinski definition) is 3. The van der Waals surface area contributed by atoms with Gasteiger partial charge in [-0.25, -0.2) is 58.7 Å². The van der Waals surface area contributed by atoms with Gasteiger partial charge < -0.3 is 85.9 Å². The zero-order valence-electron chi connectivity index (χ0n) is 44.4. The van der Waals surface area contributed by atoms with Crippen molar-refractivity contribution in [2.75, 3.05) is 38.3 Å². The number of nitrogens with two attached hydrogens (primary N) is 2. The number of hydrogen-bond acceptors (Lipinski definition) is 30. The number of ether oxygens (including phenoxy) is 8. The number of aryl methyl sites for hydroxylation is 5. The highest BCUT2D eigenvalue weighted by Gasteiger charge is 2.53. The molecule has 2 saturated heterocycles. The molecule has 0 spiro atoms. The van der Waals surface area contributed by atoms with Crippen LogP contribution < -0.4 is 28.9 Å². The van der Waals surface area contributed by atoms with Gasteiger partial charge in [0, 0.05) is 32.9 Å². The minimum atomic E-state index is -1.86. The van der Waals surface area contributed by atoms with E-state index in [1.807, 2.05) is 0 Å². The third kappa shape index (κ3) is 12.9. The Morgan fingerprint density at radius 2 is 1.13 bits per heavy atom. The Kier molecular flexibility index (Phi) is 17.1. The fourth-order valence-corrected chi connectivity index (χ4v) is 8.27. The number of carbonyl (C=O) groups is 4. The Labute approximate surface area is 459 Å². The van der Waals surface area contributed by atoms with Gasteiger partial charge in [-0.15, -0.1) is 12.8 Å². The van der Waals surface area contributed by atoms with Crippen LogP contribution in [0.4, 0.5) is 26.0 Å². The topological polar surface area (TPSA) is 435 Å². The van der Waals surface area contributed by atoms with E-state index in [-0.39, 0.29) is 91.6 Å². The number of aliphatic hydroxyl groups excluding tert-OH is 1. The van der Waals surface area contributed by atoms with Gasteiger partial charge in [0.15, 0.2) is 89.0 Å². The molecule has 33 heteroatoms. The summed E-state index contributed by atoms with van der Waals surface area (Å²) in [5.41, 5.74) is 9.88. The van der Waals surface area contributed by atoms with Crippen molar-refractivity contribution < 1.29 is 88.7 Å². The first-order chi connectivity index (χ1) is 39.0. The smallest absolute Gasteiger partial charge is 0.461 e. The van der Waals surface area contributed by atoms with Crippen LogP contribution in [0.15, 0.2) is 53.5 Å². The molecule has 5 N–H and O–H groups in total. The maximum absolute atomic E-state index is 12.7. The van der Waals surface area contributed by atoms with Gasteiger partial charge in [0.05, 0.1) is 12.7 Å². The standard InChI is InChI=1S/C25H23N5O13.C24H28N6O9/c1-5-25(9-37-21(31)35-7-14-11(2)38-23(33)40-14)16(42-22(32)36-8-15-12(3)39-24(34)41-15)6-17(43-25)30-10-27-18-19(26)28-13(4)29-20(18)30;1-5-24(16(31)9-17(39-24)30-12-26-19-20(25)27-14(3)28-21(19)30)11-36-18(32)7-6-8-29(4)22(33)35-10-15-13(2)37-23(34)38-15/h1,10,16-17H,6-9H2,2-4H3,(H2,26,28,29);1,12,16-17,31H,6-11H2,2-4H3,(H2,25,27,28)/t16-,17+,25+;16-,17+,24+/m00/s1. The molecule has 0 aliphatic carbocycles. The number of nitrogen functional groups attached to an aromatic ring is 2. The van der Waals surface area contributed by atoms with Crippen molar-refractivity contribution >= 4 is 58.3 Å². The predicted molar refractivity (Wildman–Crippen MR) is 268 cm³/mol. The van der Waals surface area contributed by atoms with E-state index >= 15 is 0 Å². The summed E-state index contributed by atoms with van der Waals surface area (Å²) in [5, 5.41) is 10.7. The number of nitrogens with zero attached hydrogens (tertiary/aromatic N) is 9. The van der Waals surface area contributed by atoms with E-state index in [0.29, 0.717) is 34.0 Å². The second-order valence-electron chi connectivity index (χ2n) is 18.2. The molecule has 2 aliphatic rings. The zero-order valence-corrected chi connectivity index (χ0v) is 44.4. The number of aromatic nitrogens is 8. The van der Waals surface area contributed by atoms with Crippen molar-refractivity contribution in [3.63, 3.8) is 0 Å². The van der Waals surface area contributed by atoms with Gasteiger partial charge in [-0.05, 0) is 41.0 Å². The molecule has 7 aromatic rings. The van der Waals surface area contributed by atoms with Crippen LogP contribution in [0, 0.1) is 59.3 Å². The van der Waals surface area contributed by atoms with Crippen molar-refractivity contribution in [2.45, 2.75) is 116 Å². The number of carbonyl (C=O) groups excluding carboxylic acids is 4. The minimum Gasteiger partial charge on any atom is -0.461 e. The van der Waals surface area contributed by atoms with E-state index < -0.39 is 97.5 Å². The van der Waals surface area contributed by atoms with Crippen LogP contribution in [0.1, 0.15) is 84.3 Å². The maximum Gasteiger partial charge on any atom is 0.519 e.